The number of nitrogens with zero attached hydrogens (tertiary/aromatic N) is 6. The summed E-state index contributed by atoms with van der Waals surface area (Å²) in [6.45, 7) is 5.31. The Kier molecular flexibility index (Phi) is 6.96. The van der Waals surface area contributed by atoms with Crippen LogP contribution in [0.5, 0.6) is 23.0 Å². The second kappa shape index (κ2) is 11.1. The Morgan fingerprint density at radius 2 is 1.86 bits per heavy atom. The van der Waals surface area contributed by atoms with Gasteiger partial charge < -0.3 is 24.4 Å². The summed E-state index contributed by atoms with van der Waals surface area (Å²) in [5.74, 6) is 1.88. The first-order chi connectivity index (χ1) is 21.4. The summed E-state index contributed by atoms with van der Waals surface area (Å²) in [5.41, 5.74) is 1.79. The van der Waals surface area contributed by atoms with Gasteiger partial charge >= 0.3 is 0 Å². The van der Waals surface area contributed by atoms with Gasteiger partial charge in [0, 0.05) is 54.2 Å². The van der Waals surface area contributed by atoms with Crippen molar-refractivity contribution in [3.63, 3.8) is 0 Å². The third kappa shape index (κ3) is 4.91. The van der Waals surface area contributed by atoms with Crippen molar-refractivity contribution in [3.05, 3.63) is 79.3 Å². The summed E-state index contributed by atoms with van der Waals surface area (Å²) < 4.78 is 35.4. The molecule has 2 atom stereocenters. The maximum absolute atomic E-state index is 15.7. The van der Waals surface area contributed by atoms with Gasteiger partial charge in [0.15, 0.2) is 23.0 Å². The summed E-state index contributed by atoms with van der Waals surface area (Å²) >= 11 is 0. The van der Waals surface area contributed by atoms with Gasteiger partial charge in [-0.15, -0.1) is 0 Å². The van der Waals surface area contributed by atoms with E-state index >= 15 is 4.39 Å². The summed E-state index contributed by atoms with van der Waals surface area (Å²) in [4.78, 5) is 27.3. The molecule has 2 aromatic carbocycles. The number of benzene rings is 2. The number of halogens is 1. The number of piperidine rings is 1. The lowest BCUT2D eigenvalue weighted by Gasteiger charge is -2.38. The predicted molar refractivity (Wildman–Crippen MR) is 161 cm³/mol. The van der Waals surface area contributed by atoms with Crippen LogP contribution in [0.4, 0.5) is 15.9 Å². The smallest absolute Gasteiger partial charge is 0.246 e. The minimum Gasteiger partial charge on any atom is -0.493 e. The molecule has 0 spiro atoms. The van der Waals surface area contributed by atoms with E-state index in [2.05, 4.69) is 31.9 Å². The lowest BCUT2D eigenvalue weighted by atomic mass is 9.99. The van der Waals surface area contributed by atoms with Crippen molar-refractivity contribution in [1.29, 1.82) is 0 Å². The molecule has 2 fully saturated rings. The van der Waals surface area contributed by atoms with Crippen LogP contribution in [0.1, 0.15) is 31.2 Å². The Bertz CT molecular complexity index is 1900. The van der Waals surface area contributed by atoms with Gasteiger partial charge in [-0.25, -0.2) is 23.9 Å². The molecule has 2 saturated heterocycles. The second-order valence-corrected chi connectivity index (χ2v) is 11.0. The highest BCUT2D eigenvalue weighted by Gasteiger charge is 2.43. The Morgan fingerprint density at radius 1 is 1.05 bits per heavy atom. The fourth-order valence-corrected chi connectivity index (χ4v) is 6.27. The van der Waals surface area contributed by atoms with E-state index in [1.165, 1.54) is 18.7 Å². The van der Waals surface area contributed by atoms with Gasteiger partial charge in [0.1, 0.15) is 36.1 Å². The van der Waals surface area contributed by atoms with E-state index < -0.39 is 5.82 Å². The zero-order valence-electron chi connectivity index (χ0n) is 24.2. The maximum atomic E-state index is 15.7. The van der Waals surface area contributed by atoms with Gasteiger partial charge in [0.25, 0.3) is 0 Å². The van der Waals surface area contributed by atoms with Crippen molar-refractivity contribution in [2.45, 2.75) is 50.8 Å². The van der Waals surface area contributed by atoms with E-state index in [9.17, 15) is 4.79 Å². The number of carbonyl (C=O) groups excluding carboxylic acids is 1. The number of anilines is 2. The molecule has 2 unspecified atom stereocenters. The summed E-state index contributed by atoms with van der Waals surface area (Å²) in [5, 5.41) is 7.85. The molecule has 7 rings (SSSR count). The van der Waals surface area contributed by atoms with Crippen LogP contribution < -0.4 is 19.5 Å². The first-order valence-corrected chi connectivity index (χ1v) is 14.4. The molecule has 224 valence electrons. The highest BCUT2D eigenvalue weighted by molar-refractivity contribution is 5.93. The zero-order valence-corrected chi connectivity index (χ0v) is 24.2. The molecule has 0 aliphatic carbocycles. The molecule has 2 aliphatic rings. The van der Waals surface area contributed by atoms with Crippen LogP contribution in [0.2, 0.25) is 0 Å². The van der Waals surface area contributed by atoms with E-state index in [-0.39, 0.29) is 29.8 Å². The van der Waals surface area contributed by atoms with Crippen molar-refractivity contribution in [1.82, 2.24) is 29.5 Å². The third-order valence-electron chi connectivity index (χ3n) is 8.40. The number of nitrogens with one attached hydrogen (secondary N) is 1. The first-order valence-electron chi connectivity index (χ1n) is 14.4. The van der Waals surface area contributed by atoms with Crippen LogP contribution in [0.3, 0.4) is 0 Å². The Hall–Kier alpha value is -5.26. The normalized spacial score (nSPS) is 19.2. The number of rotatable bonds is 8. The zero-order chi connectivity index (χ0) is 30.4. The fourth-order valence-electron chi connectivity index (χ4n) is 6.27. The van der Waals surface area contributed by atoms with Crippen molar-refractivity contribution < 1.29 is 23.4 Å². The summed E-state index contributed by atoms with van der Waals surface area (Å²) in [6, 6.07) is 10.6. The van der Waals surface area contributed by atoms with E-state index in [1.807, 2.05) is 11.0 Å². The first kappa shape index (κ1) is 27.6. The van der Waals surface area contributed by atoms with Gasteiger partial charge in [-0.05, 0) is 50.1 Å². The summed E-state index contributed by atoms with van der Waals surface area (Å²) in [7, 11) is 1.58. The lowest BCUT2D eigenvalue weighted by molar-refractivity contribution is -0.131. The molecule has 5 aromatic rings. The van der Waals surface area contributed by atoms with Gasteiger partial charge in [0.05, 0.1) is 18.3 Å². The van der Waals surface area contributed by atoms with E-state index in [0.717, 1.165) is 25.7 Å². The number of fused-ring (bicyclic) bond motifs is 4. The number of amides is 1. The van der Waals surface area contributed by atoms with Crippen molar-refractivity contribution >= 4 is 34.0 Å². The number of hydrogen-bond acceptors (Lipinski definition) is 9. The van der Waals surface area contributed by atoms with Gasteiger partial charge in [-0.2, -0.15) is 5.10 Å². The van der Waals surface area contributed by atoms with Gasteiger partial charge in [-0.1, -0.05) is 6.58 Å². The molecule has 0 radical (unpaired) electrons. The third-order valence-corrected chi connectivity index (χ3v) is 8.40. The number of hydrogen-bond donors (Lipinski definition) is 1. The second-order valence-electron chi connectivity index (χ2n) is 11.0. The standard InChI is InChI=1S/C32H30FN7O4/c1-4-30(41)40-19-5-6-20(40)12-22(11-19)44-28-14-23-25(15-27(28)42-3)34-16-36-32(23)38-24-7-8-26(18(2)31(24)33)43-21-9-10-39-29(13-21)35-17-37-39/h4,7-10,13-17,19-20,22H,1,5-6,11-12H2,2-3H3,(H,34,36,38). The number of methoxy groups -OCH3 is 1. The topological polar surface area (TPSA) is 116 Å². The van der Waals surface area contributed by atoms with Crippen molar-refractivity contribution in [3.8, 4) is 23.0 Å². The Morgan fingerprint density at radius 3 is 2.64 bits per heavy atom. The minimum atomic E-state index is -0.473. The summed E-state index contributed by atoms with van der Waals surface area (Å²) in [6.07, 6.45) is 9.23. The molecule has 1 N–H and O–H groups in total. The average Bonchev–Trinajstić information content (AvgIpc) is 3.61. The molecule has 0 saturated carbocycles. The monoisotopic (exact) mass is 595 g/mol. The van der Waals surface area contributed by atoms with Crippen LogP contribution in [0, 0.1) is 12.7 Å². The number of aromatic nitrogens is 5. The molecule has 44 heavy (non-hydrogen) atoms. The van der Waals surface area contributed by atoms with E-state index in [4.69, 9.17) is 14.2 Å². The number of pyridine rings is 1. The number of carbonyl (C=O) groups is 1. The van der Waals surface area contributed by atoms with E-state index in [0.29, 0.717) is 50.9 Å². The van der Waals surface area contributed by atoms with Gasteiger partial charge in [0.2, 0.25) is 5.91 Å². The van der Waals surface area contributed by atoms with Gasteiger partial charge in [-0.3, -0.25) is 4.79 Å². The Balaban J connectivity index is 1.14. The van der Waals surface area contributed by atoms with Crippen LogP contribution >= 0.6 is 0 Å². The lowest BCUT2D eigenvalue weighted by Crippen LogP contribution is -2.48. The largest absolute Gasteiger partial charge is 0.493 e. The fraction of sp³-hybridized carbons (Fsp3) is 0.281. The highest BCUT2D eigenvalue weighted by atomic mass is 19.1. The van der Waals surface area contributed by atoms with Crippen molar-refractivity contribution in [2.75, 3.05) is 12.4 Å². The van der Waals surface area contributed by atoms with Crippen LogP contribution in [0.25, 0.3) is 16.6 Å². The molecular weight excluding hydrogens is 565 g/mol. The Labute approximate surface area is 252 Å². The quantitative estimate of drug-likeness (QED) is 0.224. The highest BCUT2D eigenvalue weighted by Crippen LogP contribution is 2.41. The number of ether oxygens (including phenoxy) is 3. The molecule has 3 aromatic heterocycles. The molecular formula is C32H30FN7O4. The maximum Gasteiger partial charge on any atom is 0.246 e. The predicted octanol–water partition coefficient (Wildman–Crippen LogP) is 5.75. The van der Waals surface area contributed by atoms with Crippen LogP contribution in [-0.4, -0.2) is 60.7 Å². The molecule has 11 nitrogen and oxygen atoms in total. The SMILES string of the molecule is C=CC(=O)N1C2CCC1CC(Oc1cc3c(Nc4ccc(Oc5ccn6ncnc6c5)c(C)c4F)ncnc3cc1OC)C2. The minimum absolute atomic E-state index is 0.0254. The molecule has 12 heteroatoms. The van der Waals surface area contributed by atoms with Crippen LogP contribution in [0.15, 0.2) is 67.9 Å². The van der Waals surface area contributed by atoms with Crippen molar-refractivity contribution in [2.24, 2.45) is 0 Å². The molecule has 1 amide bonds. The average molecular weight is 596 g/mol. The molecule has 2 aliphatic heterocycles. The van der Waals surface area contributed by atoms with E-state index in [1.54, 1.807) is 55.1 Å². The molecule has 2 bridgehead atoms. The molecule has 5 heterocycles. The van der Waals surface area contributed by atoms with Crippen LogP contribution in [-0.2, 0) is 4.79 Å².